The lowest BCUT2D eigenvalue weighted by Gasteiger charge is -2.11. The lowest BCUT2D eigenvalue weighted by atomic mass is 9.98. The van der Waals surface area contributed by atoms with Gasteiger partial charge in [0.2, 0.25) is 0 Å². The number of carbonyl (C=O) groups is 1. The molecule has 0 aliphatic heterocycles. The Bertz CT molecular complexity index is 577. The minimum Gasteiger partial charge on any atom is -0.424 e. The molecule has 4 heteroatoms. The van der Waals surface area contributed by atoms with Crippen molar-refractivity contribution in [3.05, 3.63) is 47.3 Å². The van der Waals surface area contributed by atoms with Crippen LogP contribution < -0.4 is 4.74 Å². The predicted octanol–water partition coefficient (Wildman–Crippen LogP) is 3.51. The minimum absolute atomic E-state index is 0.238. The van der Waals surface area contributed by atoms with Crippen LogP contribution in [0.4, 0.5) is 0 Å². The summed E-state index contributed by atoms with van der Waals surface area (Å²) in [5, 5.41) is 0. The van der Waals surface area contributed by atoms with Gasteiger partial charge in [0.05, 0.1) is 5.56 Å². The molecule has 0 unspecified atom stereocenters. The molecule has 0 radical (unpaired) electrons. The van der Waals surface area contributed by atoms with Crippen LogP contribution in [0.2, 0.25) is 0 Å². The van der Waals surface area contributed by atoms with E-state index >= 15 is 0 Å². The van der Waals surface area contributed by atoms with Crippen molar-refractivity contribution in [2.75, 3.05) is 0 Å². The van der Waals surface area contributed by atoms with Gasteiger partial charge in [0, 0.05) is 12.4 Å². The molecular formula is C15H16N2O2. The molecule has 0 atom stereocenters. The Hall–Kier alpha value is -2.23. The number of aromatic nitrogens is 2. The first-order valence-corrected chi connectivity index (χ1v) is 6.15. The molecule has 0 aliphatic rings. The van der Waals surface area contributed by atoms with Gasteiger partial charge in [-0.25, -0.2) is 9.97 Å². The molecule has 0 amide bonds. The highest BCUT2D eigenvalue weighted by atomic mass is 16.5. The fourth-order valence-electron chi connectivity index (χ4n) is 1.90. The highest BCUT2D eigenvalue weighted by Gasteiger charge is 2.06. The van der Waals surface area contributed by atoms with Crippen molar-refractivity contribution in [2.24, 2.45) is 0 Å². The van der Waals surface area contributed by atoms with E-state index in [4.69, 9.17) is 4.74 Å². The molecule has 0 N–H and O–H groups in total. The van der Waals surface area contributed by atoms with Crippen LogP contribution in [0.1, 0.15) is 41.3 Å². The van der Waals surface area contributed by atoms with Crippen molar-refractivity contribution in [1.29, 1.82) is 0 Å². The van der Waals surface area contributed by atoms with Crippen LogP contribution in [0.15, 0.2) is 30.6 Å². The molecule has 2 rings (SSSR count). The molecule has 2 aromatic rings. The van der Waals surface area contributed by atoms with Crippen LogP contribution in [0.3, 0.4) is 0 Å². The van der Waals surface area contributed by atoms with Crippen LogP contribution in [0.5, 0.6) is 11.8 Å². The standard InChI is InChI=1S/C15H16N2O2/c1-10(2)14-5-4-13(6-11(14)3)19-15-16-7-12(9-18)8-17-15/h4-10H,1-3H3. The van der Waals surface area contributed by atoms with Crippen molar-refractivity contribution < 1.29 is 9.53 Å². The second-order valence-corrected chi connectivity index (χ2v) is 4.69. The minimum atomic E-state index is 0.238. The zero-order valence-electron chi connectivity index (χ0n) is 11.3. The fraction of sp³-hybridized carbons (Fsp3) is 0.267. The summed E-state index contributed by atoms with van der Waals surface area (Å²) in [5.74, 6) is 1.18. The molecule has 98 valence electrons. The van der Waals surface area contributed by atoms with Gasteiger partial charge in [0.1, 0.15) is 5.75 Å². The molecule has 1 aromatic heterocycles. The van der Waals surface area contributed by atoms with Gasteiger partial charge < -0.3 is 4.74 Å². The van der Waals surface area contributed by atoms with Crippen molar-refractivity contribution in [2.45, 2.75) is 26.7 Å². The molecule has 0 fully saturated rings. The zero-order valence-corrected chi connectivity index (χ0v) is 11.3. The largest absolute Gasteiger partial charge is 0.424 e. The smallest absolute Gasteiger partial charge is 0.321 e. The van der Waals surface area contributed by atoms with E-state index in [0.717, 1.165) is 0 Å². The summed E-state index contributed by atoms with van der Waals surface area (Å²) in [6.07, 6.45) is 3.57. The third kappa shape index (κ3) is 3.16. The summed E-state index contributed by atoms with van der Waals surface area (Å²) in [5.41, 5.74) is 2.90. The quantitative estimate of drug-likeness (QED) is 0.785. The van der Waals surface area contributed by atoms with Crippen molar-refractivity contribution in [1.82, 2.24) is 9.97 Å². The van der Waals surface area contributed by atoms with E-state index in [0.29, 0.717) is 23.5 Å². The number of hydrogen-bond donors (Lipinski definition) is 0. The second kappa shape index (κ2) is 5.61. The highest BCUT2D eigenvalue weighted by molar-refractivity contribution is 5.73. The van der Waals surface area contributed by atoms with Gasteiger partial charge in [0.25, 0.3) is 0 Å². The van der Waals surface area contributed by atoms with E-state index in [9.17, 15) is 4.79 Å². The van der Waals surface area contributed by atoms with Gasteiger partial charge in [0.15, 0.2) is 6.29 Å². The Morgan fingerprint density at radius 1 is 1.21 bits per heavy atom. The van der Waals surface area contributed by atoms with Crippen molar-refractivity contribution >= 4 is 6.29 Å². The fourth-order valence-corrected chi connectivity index (χ4v) is 1.90. The molecule has 19 heavy (non-hydrogen) atoms. The van der Waals surface area contributed by atoms with Crippen molar-refractivity contribution in [3.63, 3.8) is 0 Å². The van der Waals surface area contributed by atoms with Gasteiger partial charge in [-0.2, -0.15) is 0 Å². The molecular weight excluding hydrogens is 240 g/mol. The summed E-state index contributed by atoms with van der Waals surface area (Å²) >= 11 is 0. The lowest BCUT2D eigenvalue weighted by Crippen LogP contribution is -1.96. The molecule has 1 aromatic carbocycles. The summed E-state index contributed by atoms with van der Waals surface area (Å²) < 4.78 is 5.56. The number of nitrogens with zero attached hydrogens (tertiary/aromatic N) is 2. The van der Waals surface area contributed by atoms with E-state index in [2.05, 4.69) is 36.8 Å². The third-order valence-corrected chi connectivity index (χ3v) is 2.86. The van der Waals surface area contributed by atoms with E-state index < -0.39 is 0 Å². The molecule has 0 bridgehead atoms. The molecule has 1 heterocycles. The number of hydrogen-bond acceptors (Lipinski definition) is 4. The normalized spacial score (nSPS) is 10.5. The number of benzene rings is 1. The van der Waals surface area contributed by atoms with E-state index in [1.807, 2.05) is 12.1 Å². The first-order valence-electron chi connectivity index (χ1n) is 6.15. The molecule has 0 saturated heterocycles. The van der Waals surface area contributed by atoms with Crippen LogP contribution in [-0.4, -0.2) is 16.3 Å². The molecule has 0 saturated carbocycles. The number of ether oxygens (including phenoxy) is 1. The summed E-state index contributed by atoms with van der Waals surface area (Å²) in [6, 6.07) is 6.16. The Balaban J connectivity index is 2.18. The molecule has 4 nitrogen and oxygen atoms in total. The summed E-state index contributed by atoms with van der Waals surface area (Å²) in [6.45, 7) is 6.37. The molecule has 0 aliphatic carbocycles. The number of aldehydes is 1. The van der Waals surface area contributed by atoms with Gasteiger partial charge in [-0.05, 0) is 36.1 Å². The van der Waals surface area contributed by atoms with Gasteiger partial charge >= 0.3 is 6.01 Å². The van der Waals surface area contributed by atoms with Crippen LogP contribution in [-0.2, 0) is 0 Å². The van der Waals surface area contributed by atoms with Gasteiger partial charge in [-0.3, -0.25) is 4.79 Å². The van der Waals surface area contributed by atoms with E-state index in [-0.39, 0.29) is 6.01 Å². The maximum absolute atomic E-state index is 10.5. The summed E-state index contributed by atoms with van der Waals surface area (Å²) in [7, 11) is 0. The monoisotopic (exact) mass is 256 g/mol. The summed E-state index contributed by atoms with van der Waals surface area (Å²) in [4.78, 5) is 18.4. The van der Waals surface area contributed by atoms with E-state index in [1.165, 1.54) is 23.5 Å². The number of aryl methyl sites for hydroxylation is 1. The topological polar surface area (TPSA) is 52.1 Å². The van der Waals surface area contributed by atoms with Gasteiger partial charge in [-0.15, -0.1) is 0 Å². The third-order valence-electron chi connectivity index (χ3n) is 2.86. The maximum Gasteiger partial charge on any atom is 0.321 e. The maximum atomic E-state index is 10.5. The Morgan fingerprint density at radius 2 is 1.89 bits per heavy atom. The SMILES string of the molecule is Cc1cc(Oc2ncc(C=O)cn2)ccc1C(C)C. The first-order chi connectivity index (χ1) is 9.10. The Kier molecular flexibility index (Phi) is 3.90. The molecule has 0 spiro atoms. The van der Waals surface area contributed by atoms with Crippen LogP contribution in [0.25, 0.3) is 0 Å². The Labute approximate surface area is 112 Å². The number of carbonyl (C=O) groups excluding carboxylic acids is 1. The second-order valence-electron chi connectivity index (χ2n) is 4.69. The Morgan fingerprint density at radius 3 is 2.42 bits per heavy atom. The first kappa shape index (κ1) is 13.2. The predicted molar refractivity (Wildman–Crippen MR) is 72.8 cm³/mol. The highest BCUT2D eigenvalue weighted by Crippen LogP contribution is 2.25. The lowest BCUT2D eigenvalue weighted by molar-refractivity contribution is 0.112. The average Bonchev–Trinajstić information content (AvgIpc) is 2.39. The van der Waals surface area contributed by atoms with Crippen LogP contribution >= 0.6 is 0 Å². The average molecular weight is 256 g/mol. The number of rotatable bonds is 4. The van der Waals surface area contributed by atoms with Crippen molar-refractivity contribution in [3.8, 4) is 11.8 Å². The van der Waals surface area contributed by atoms with E-state index in [1.54, 1.807) is 0 Å². The van der Waals surface area contributed by atoms with Gasteiger partial charge in [-0.1, -0.05) is 19.9 Å². The van der Waals surface area contributed by atoms with Crippen LogP contribution in [0, 0.1) is 6.92 Å². The zero-order chi connectivity index (χ0) is 13.8.